The van der Waals surface area contributed by atoms with Crippen molar-refractivity contribution in [2.75, 3.05) is 0 Å². The summed E-state index contributed by atoms with van der Waals surface area (Å²) in [7, 11) is 0. The molecule has 70 valence electrons. The van der Waals surface area contributed by atoms with E-state index >= 15 is 0 Å². The molecule has 13 heavy (non-hydrogen) atoms. The molecule has 0 aliphatic rings. The summed E-state index contributed by atoms with van der Waals surface area (Å²) in [6.45, 7) is 1.76. The molecule has 0 aliphatic heterocycles. The third kappa shape index (κ3) is 3.04. The van der Waals surface area contributed by atoms with Gasteiger partial charge in [-0.25, -0.2) is 10.2 Å². The quantitative estimate of drug-likeness (QED) is 0.576. The number of hydrazone groups is 1. The maximum Gasteiger partial charge on any atom is 0.332 e. The predicted octanol–water partition coefficient (Wildman–Crippen LogP) is 1.79. The first-order valence-electron chi connectivity index (χ1n) is 3.43. The lowest BCUT2D eigenvalue weighted by Gasteiger charge is -1.95. The van der Waals surface area contributed by atoms with E-state index in [0.717, 1.165) is 5.56 Å². The first kappa shape index (κ1) is 10.0. The van der Waals surface area contributed by atoms with E-state index < -0.39 is 6.03 Å². The Hall–Kier alpha value is -1.07. The number of carbonyl (C=O) groups excluding carboxylic acids is 1. The zero-order chi connectivity index (χ0) is 9.84. The lowest BCUT2D eigenvalue weighted by Crippen LogP contribution is -2.25. The summed E-state index contributed by atoms with van der Waals surface area (Å²) in [6.07, 6.45) is 0. The fraction of sp³-hybridized carbons (Fsp3) is 0.143. The van der Waals surface area contributed by atoms with Crippen molar-refractivity contribution in [2.45, 2.75) is 6.92 Å². The van der Waals surface area contributed by atoms with Crippen LogP contribution in [0.25, 0.3) is 0 Å². The second-order valence-electron chi connectivity index (χ2n) is 2.31. The van der Waals surface area contributed by atoms with Crippen molar-refractivity contribution >= 4 is 34.7 Å². The average molecular weight is 218 g/mol. The minimum Gasteiger partial charge on any atom is -0.350 e. The highest BCUT2D eigenvalue weighted by molar-refractivity contribution is 7.14. The van der Waals surface area contributed by atoms with Crippen LogP contribution in [-0.4, -0.2) is 11.7 Å². The van der Waals surface area contributed by atoms with Crippen LogP contribution in [0.1, 0.15) is 12.5 Å². The highest BCUT2D eigenvalue weighted by atomic mass is 35.5. The van der Waals surface area contributed by atoms with Gasteiger partial charge in [-0.2, -0.15) is 5.10 Å². The van der Waals surface area contributed by atoms with E-state index in [0.29, 0.717) is 10.0 Å². The van der Waals surface area contributed by atoms with Gasteiger partial charge in [-0.05, 0) is 13.0 Å². The molecule has 0 aliphatic carbocycles. The largest absolute Gasteiger partial charge is 0.350 e. The number of nitrogens with zero attached hydrogens (tertiary/aromatic N) is 1. The zero-order valence-electron chi connectivity index (χ0n) is 6.87. The molecule has 6 heteroatoms. The van der Waals surface area contributed by atoms with Crippen LogP contribution in [0.15, 0.2) is 16.5 Å². The highest BCUT2D eigenvalue weighted by Gasteiger charge is 2.00. The molecule has 0 radical (unpaired) electrons. The van der Waals surface area contributed by atoms with Crippen LogP contribution in [0.3, 0.4) is 0 Å². The van der Waals surface area contributed by atoms with Crippen molar-refractivity contribution in [1.29, 1.82) is 0 Å². The van der Waals surface area contributed by atoms with Crippen molar-refractivity contribution in [3.63, 3.8) is 0 Å². The lowest BCUT2D eigenvalue weighted by molar-refractivity contribution is 0.249. The van der Waals surface area contributed by atoms with E-state index in [2.05, 4.69) is 10.5 Å². The summed E-state index contributed by atoms with van der Waals surface area (Å²) in [5, 5.41) is 5.60. The molecule has 0 spiro atoms. The van der Waals surface area contributed by atoms with Gasteiger partial charge in [-0.1, -0.05) is 11.6 Å². The van der Waals surface area contributed by atoms with Crippen molar-refractivity contribution in [2.24, 2.45) is 10.8 Å². The topological polar surface area (TPSA) is 67.5 Å². The van der Waals surface area contributed by atoms with Gasteiger partial charge in [0.15, 0.2) is 0 Å². The Balaban J connectivity index is 2.72. The first-order chi connectivity index (χ1) is 6.09. The number of halogens is 1. The van der Waals surface area contributed by atoms with Crippen molar-refractivity contribution in [3.8, 4) is 0 Å². The molecule has 3 N–H and O–H groups in total. The van der Waals surface area contributed by atoms with Gasteiger partial charge in [-0.15, -0.1) is 11.3 Å². The Morgan fingerprint density at radius 1 is 1.77 bits per heavy atom. The summed E-state index contributed by atoms with van der Waals surface area (Å²) in [5.41, 5.74) is 8.53. The molecule has 0 unspecified atom stereocenters. The van der Waals surface area contributed by atoms with E-state index in [-0.39, 0.29) is 0 Å². The number of amides is 2. The number of rotatable bonds is 2. The minimum absolute atomic E-state index is 0.668. The molecule has 1 aromatic rings. The third-order valence-electron chi connectivity index (χ3n) is 1.32. The number of thiophene rings is 1. The molecule has 1 rings (SSSR count). The van der Waals surface area contributed by atoms with Crippen LogP contribution >= 0.6 is 22.9 Å². The van der Waals surface area contributed by atoms with Gasteiger partial charge in [0.1, 0.15) is 0 Å². The van der Waals surface area contributed by atoms with E-state index in [1.165, 1.54) is 11.3 Å². The number of primary amides is 1. The number of carbonyl (C=O) groups is 1. The normalized spacial score (nSPS) is 11.4. The van der Waals surface area contributed by atoms with Crippen LogP contribution < -0.4 is 11.2 Å². The fourth-order valence-corrected chi connectivity index (χ4v) is 1.63. The van der Waals surface area contributed by atoms with Crippen LogP contribution in [0.5, 0.6) is 0 Å². The van der Waals surface area contributed by atoms with Crippen LogP contribution in [0.2, 0.25) is 4.34 Å². The molecule has 0 aromatic carbocycles. The summed E-state index contributed by atoms with van der Waals surface area (Å²) in [5.74, 6) is 0. The Kier molecular flexibility index (Phi) is 3.27. The Morgan fingerprint density at radius 3 is 2.92 bits per heavy atom. The van der Waals surface area contributed by atoms with Crippen molar-refractivity contribution < 1.29 is 4.79 Å². The Morgan fingerprint density at radius 2 is 2.46 bits per heavy atom. The smallest absolute Gasteiger partial charge is 0.332 e. The number of hydrogen-bond donors (Lipinski definition) is 2. The summed E-state index contributed by atoms with van der Waals surface area (Å²) in [4.78, 5) is 10.3. The molecule has 4 nitrogen and oxygen atoms in total. The number of nitrogens with one attached hydrogen (secondary N) is 1. The fourth-order valence-electron chi connectivity index (χ4n) is 0.703. The Labute approximate surface area is 84.4 Å². The summed E-state index contributed by atoms with van der Waals surface area (Å²) in [6, 6.07) is 1.09. The van der Waals surface area contributed by atoms with Gasteiger partial charge in [0, 0.05) is 10.9 Å². The molecule has 0 fully saturated rings. The van der Waals surface area contributed by atoms with E-state index in [4.69, 9.17) is 17.3 Å². The summed E-state index contributed by atoms with van der Waals surface area (Å²) >= 11 is 7.13. The second kappa shape index (κ2) is 4.25. The number of urea groups is 1. The summed E-state index contributed by atoms with van der Waals surface area (Å²) < 4.78 is 0.684. The van der Waals surface area contributed by atoms with Gasteiger partial charge >= 0.3 is 6.03 Å². The molecule has 0 saturated heterocycles. The van der Waals surface area contributed by atoms with Crippen molar-refractivity contribution in [1.82, 2.24) is 5.43 Å². The van der Waals surface area contributed by atoms with E-state index in [9.17, 15) is 4.79 Å². The van der Waals surface area contributed by atoms with Gasteiger partial charge < -0.3 is 5.73 Å². The zero-order valence-corrected chi connectivity index (χ0v) is 8.45. The lowest BCUT2D eigenvalue weighted by atomic mass is 10.2. The average Bonchev–Trinajstić information content (AvgIpc) is 2.47. The SMILES string of the molecule is CC(=NNC(N)=O)c1csc(Cl)c1. The van der Waals surface area contributed by atoms with Gasteiger partial charge in [0.25, 0.3) is 0 Å². The van der Waals surface area contributed by atoms with Crippen LogP contribution in [0.4, 0.5) is 4.79 Å². The molecule has 0 bridgehead atoms. The maximum atomic E-state index is 10.3. The van der Waals surface area contributed by atoms with E-state index in [1.54, 1.807) is 13.0 Å². The molecule has 0 saturated carbocycles. The standard InChI is InChI=1S/C7H8ClN3OS/c1-4(10-11-7(9)12)5-2-6(8)13-3-5/h2-3H,1H3,(H3,9,11,12). The minimum atomic E-state index is -0.680. The van der Waals surface area contributed by atoms with Crippen LogP contribution in [-0.2, 0) is 0 Å². The molecule has 0 atom stereocenters. The van der Waals surface area contributed by atoms with Gasteiger partial charge in [0.05, 0.1) is 10.0 Å². The maximum absolute atomic E-state index is 10.3. The molecule has 1 aromatic heterocycles. The first-order valence-corrected chi connectivity index (χ1v) is 4.69. The van der Waals surface area contributed by atoms with Crippen LogP contribution in [0, 0.1) is 0 Å². The molecular weight excluding hydrogens is 210 g/mol. The third-order valence-corrected chi connectivity index (χ3v) is 2.41. The molecular formula is C7H8ClN3OS. The Bertz CT molecular complexity index is 347. The second-order valence-corrected chi connectivity index (χ2v) is 3.86. The number of nitrogens with two attached hydrogens (primary N) is 1. The molecule has 1 heterocycles. The van der Waals surface area contributed by atoms with E-state index in [1.807, 2.05) is 5.38 Å². The predicted molar refractivity (Wildman–Crippen MR) is 54.3 cm³/mol. The molecule has 2 amide bonds. The number of hydrogen-bond acceptors (Lipinski definition) is 3. The van der Waals surface area contributed by atoms with Gasteiger partial charge in [-0.3, -0.25) is 0 Å². The highest BCUT2D eigenvalue weighted by Crippen LogP contribution is 2.20. The van der Waals surface area contributed by atoms with Gasteiger partial charge in [0.2, 0.25) is 0 Å². The monoisotopic (exact) mass is 217 g/mol. The van der Waals surface area contributed by atoms with Crippen molar-refractivity contribution in [3.05, 3.63) is 21.3 Å².